The lowest BCUT2D eigenvalue weighted by Crippen LogP contribution is -2.14. The summed E-state index contributed by atoms with van der Waals surface area (Å²) in [6, 6.07) is 8.14. The van der Waals surface area contributed by atoms with E-state index in [0.29, 0.717) is 16.9 Å². The molecule has 0 saturated carbocycles. The number of halogens is 9. The number of ether oxygens (including phenoxy) is 1. The molecule has 5 heterocycles. The third-order valence-electron chi connectivity index (χ3n) is 7.59. The molecule has 2 aliphatic rings. The maximum atomic E-state index is 15.5. The molecule has 2 aliphatic heterocycles. The summed E-state index contributed by atoms with van der Waals surface area (Å²) in [7, 11) is 0. The van der Waals surface area contributed by atoms with Gasteiger partial charge in [0.25, 0.3) is 0 Å². The largest absolute Gasteiger partial charge is 0.459 e. The average Bonchev–Trinajstić information content (AvgIpc) is 3.88. The number of hydrogen-bond donors (Lipinski definition) is 3. The van der Waals surface area contributed by atoms with Gasteiger partial charge >= 0.3 is 0 Å². The number of aromatic amines is 2. The molecule has 0 radical (unpaired) electrons. The van der Waals surface area contributed by atoms with Crippen molar-refractivity contribution in [3.05, 3.63) is 112 Å². The molecule has 7 rings (SSSR count). The molecule has 3 aromatic heterocycles. The van der Waals surface area contributed by atoms with Crippen LogP contribution in [0.4, 0.5) is 39.5 Å². The standard InChI is InChI=1S/C34H17F9N4O2/c1-12(48)49-34-32(42)25(35)22(26(36)33(34)43)18-10-17-9-14-3-2-13(44-14)8-15-4-6-19(45-15)23(20-7-5-16(46-20)11-21(18)47-17)24-27(37)29(39)31(41)30(40)28(24)38/h2-12,45,47-48H,1H3. The van der Waals surface area contributed by atoms with Gasteiger partial charge in [-0.15, -0.1) is 0 Å². The summed E-state index contributed by atoms with van der Waals surface area (Å²) in [4.78, 5) is 14.4. The second-order valence-corrected chi connectivity index (χ2v) is 10.9. The van der Waals surface area contributed by atoms with Gasteiger partial charge in [-0.1, -0.05) is 0 Å². The smallest absolute Gasteiger partial charge is 0.204 e. The summed E-state index contributed by atoms with van der Waals surface area (Å²) in [6.07, 6.45) is 3.79. The number of H-pyrrole nitrogens is 2. The first-order valence-corrected chi connectivity index (χ1v) is 14.2. The van der Waals surface area contributed by atoms with E-state index in [1.807, 2.05) is 0 Å². The van der Waals surface area contributed by atoms with Gasteiger partial charge in [-0.25, -0.2) is 40.7 Å². The first-order chi connectivity index (χ1) is 23.3. The first-order valence-electron chi connectivity index (χ1n) is 14.2. The molecule has 1 unspecified atom stereocenters. The second-order valence-electron chi connectivity index (χ2n) is 10.9. The van der Waals surface area contributed by atoms with Crippen LogP contribution in [-0.2, 0) is 0 Å². The second kappa shape index (κ2) is 11.7. The number of nitrogens with zero attached hydrogens (tertiary/aromatic N) is 2. The highest BCUT2D eigenvalue weighted by molar-refractivity contribution is 5.93. The Balaban J connectivity index is 1.59. The summed E-state index contributed by atoms with van der Waals surface area (Å²) in [5.74, 6) is -20.0. The van der Waals surface area contributed by atoms with Gasteiger partial charge in [-0.2, -0.15) is 8.78 Å². The normalized spacial score (nSPS) is 13.0. The average molecular weight is 685 g/mol. The molecule has 1 atom stereocenters. The minimum Gasteiger partial charge on any atom is -0.459 e. The van der Waals surface area contributed by atoms with E-state index in [2.05, 4.69) is 24.7 Å². The molecule has 3 N–H and O–H groups in total. The maximum absolute atomic E-state index is 15.5. The Morgan fingerprint density at radius 3 is 1.71 bits per heavy atom. The molecular formula is C34H17F9N4O2. The van der Waals surface area contributed by atoms with Crippen LogP contribution in [0.25, 0.3) is 68.6 Å². The summed E-state index contributed by atoms with van der Waals surface area (Å²) in [5, 5.41) is 9.40. The van der Waals surface area contributed by atoms with Crippen molar-refractivity contribution in [1.82, 2.24) is 19.9 Å². The van der Waals surface area contributed by atoms with Crippen molar-refractivity contribution in [2.45, 2.75) is 13.2 Å². The van der Waals surface area contributed by atoms with E-state index >= 15 is 17.6 Å². The number of hydrogen-bond acceptors (Lipinski definition) is 4. The number of aliphatic hydroxyl groups excluding tert-OH is 1. The van der Waals surface area contributed by atoms with Crippen molar-refractivity contribution in [3.63, 3.8) is 0 Å². The van der Waals surface area contributed by atoms with Crippen molar-refractivity contribution in [2.75, 3.05) is 0 Å². The summed E-state index contributed by atoms with van der Waals surface area (Å²) >= 11 is 0. The van der Waals surface area contributed by atoms with Crippen LogP contribution < -0.4 is 4.74 Å². The molecule has 0 fully saturated rings. The highest BCUT2D eigenvalue weighted by atomic mass is 19.2. The zero-order chi connectivity index (χ0) is 34.9. The van der Waals surface area contributed by atoms with Crippen molar-refractivity contribution < 1.29 is 49.4 Å². The first kappa shape index (κ1) is 31.8. The minimum absolute atomic E-state index is 0.0685. The van der Waals surface area contributed by atoms with E-state index in [4.69, 9.17) is 0 Å². The molecule has 0 aliphatic carbocycles. The monoisotopic (exact) mass is 684 g/mol. The molecule has 248 valence electrons. The Morgan fingerprint density at radius 2 is 1.08 bits per heavy atom. The molecule has 5 aromatic rings. The third-order valence-corrected chi connectivity index (χ3v) is 7.59. The van der Waals surface area contributed by atoms with Crippen LogP contribution >= 0.6 is 0 Å². The van der Waals surface area contributed by atoms with Crippen LogP contribution in [0, 0.1) is 52.4 Å². The number of rotatable bonds is 4. The Morgan fingerprint density at radius 1 is 0.551 bits per heavy atom. The molecule has 0 amide bonds. The SMILES string of the molecule is CC(O)Oc1c(F)c(F)c(-c2cc3cc4nc(cc5ccc([nH]5)c(-c5c(F)c(F)c(F)c(F)c5F)c5nc(cc2[nH]3)C=C5)C=C4)c(F)c1F. The van der Waals surface area contributed by atoms with Crippen LogP contribution in [0.15, 0.2) is 36.4 Å². The van der Waals surface area contributed by atoms with Crippen LogP contribution in [0.5, 0.6) is 5.75 Å². The van der Waals surface area contributed by atoms with Gasteiger partial charge in [-0.3, -0.25) is 0 Å². The highest BCUT2D eigenvalue weighted by Crippen LogP contribution is 2.40. The molecule has 0 saturated heterocycles. The number of nitrogens with one attached hydrogen (secondary N) is 2. The Kier molecular flexibility index (Phi) is 7.58. The van der Waals surface area contributed by atoms with Crippen LogP contribution in [0.2, 0.25) is 0 Å². The molecular weight excluding hydrogens is 667 g/mol. The predicted octanol–water partition coefficient (Wildman–Crippen LogP) is 8.96. The maximum Gasteiger partial charge on any atom is 0.204 e. The van der Waals surface area contributed by atoms with Gasteiger partial charge in [0.2, 0.25) is 17.5 Å². The van der Waals surface area contributed by atoms with Crippen molar-refractivity contribution in [1.29, 1.82) is 0 Å². The highest BCUT2D eigenvalue weighted by Gasteiger charge is 2.31. The van der Waals surface area contributed by atoms with Gasteiger partial charge in [0.1, 0.15) is 0 Å². The zero-order valence-corrected chi connectivity index (χ0v) is 24.5. The Hall–Kier alpha value is -5.83. The van der Waals surface area contributed by atoms with Gasteiger partial charge < -0.3 is 19.8 Å². The molecule has 0 spiro atoms. The van der Waals surface area contributed by atoms with Gasteiger partial charge in [0, 0.05) is 33.2 Å². The lowest BCUT2D eigenvalue weighted by atomic mass is 10.0. The summed E-state index contributed by atoms with van der Waals surface area (Å²) in [5.41, 5.74) is -2.81. The van der Waals surface area contributed by atoms with Gasteiger partial charge in [0.05, 0.1) is 33.9 Å². The molecule has 6 nitrogen and oxygen atoms in total. The van der Waals surface area contributed by atoms with E-state index in [1.54, 1.807) is 12.2 Å². The van der Waals surface area contributed by atoms with E-state index in [-0.39, 0.29) is 27.9 Å². The summed E-state index contributed by atoms with van der Waals surface area (Å²) < 4.78 is 139. The van der Waals surface area contributed by atoms with Crippen molar-refractivity contribution in [3.8, 4) is 28.0 Å². The van der Waals surface area contributed by atoms with Crippen molar-refractivity contribution in [2.24, 2.45) is 0 Å². The van der Waals surface area contributed by atoms with Crippen LogP contribution in [0.3, 0.4) is 0 Å². The van der Waals surface area contributed by atoms with E-state index in [9.17, 15) is 27.1 Å². The lowest BCUT2D eigenvalue weighted by Gasteiger charge is -2.14. The number of benzene rings is 2. The Bertz CT molecular complexity index is 2410. The van der Waals surface area contributed by atoms with Crippen LogP contribution in [0.1, 0.15) is 29.7 Å². The molecule has 2 aromatic carbocycles. The fraction of sp³-hybridized carbons (Fsp3) is 0.0588. The third kappa shape index (κ3) is 5.31. The van der Waals surface area contributed by atoms with E-state index < -0.39 is 86.6 Å². The number of fused-ring (bicyclic) bond motifs is 8. The van der Waals surface area contributed by atoms with E-state index in [0.717, 1.165) is 6.92 Å². The van der Waals surface area contributed by atoms with E-state index in [1.165, 1.54) is 48.6 Å². The molecule has 8 bridgehead atoms. The van der Waals surface area contributed by atoms with Gasteiger partial charge in [-0.05, 0) is 67.6 Å². The molecule has 49 heavy (non-hydrogen) atoms. The lowest BCUT2D eigenvalue weighted by molar-refractivity contribution is -0.00698. The minimum atomic E-state index is -2.36. The fourth-order valence-corrected chi connectivity index (χ4v) is 5.50. The number of aromatic nitrogens is 4. The predicted molar refractivity (Wildman–Crippen MR) is 162 cm³/mol. The quantitative estimate of drug-likeness (QED) is 0.0748. The Labute approximate surface area is 268 Å². The topological polar surface area (TPSA) is 86.8 Å². The zero-order valence-electron chi connectivity index (χ0n) is 24.5. The van der Waals surface area contributed by atoms with Crippen LogP contribution in [-0.4, -0.2) is 31.3 Å². The fourth-order valence-electron chi connectivity index (χ4n) is 5.50. The number of aliphatic hydroxyl groups is 1. The molecule has 15 heteroatoms. The van der Waals surface area contributed by atoms with Crippen molar-refractivity contribution >= 4 is 46.4 Å². The summed E-state index contributed by atoms with van der Waals surface area (Å²) in [6.45, 7) is 0.968. The van der Waals surface area contributed by atoms with Gasteiger partial charge in [0.15, 0.2) is 46.9 Å².